The van der Waals surface area contributed by atoms with Crippen molar-refractivity contribution in [2.75, 3.05) is 0 Å². The molecule has 3 rings (SSSR count). The summed E-state index contributed by atoms with van der Waals surface area (Å²) in [6.45, 7) is 2.13. The zero-order valence-corrected chi connectivity index (χ0v) is 8.14. The van der Waals surface area contributed by atoms with Crippen LogP contribution in [0.2, 0.25) is 0 Å². The lowest BCUT2D eigenvalue weighted by molar-refractivity contribution is 1.28. The molecule has 0 bridgehead atoms. The van der Waals surface area contributed by atoms with Gasteiger partial charge in [0.2, 0.25) is 0 Å². The zero-order valence-electron chi connectivity index (χ0n) is 7.32. The van der Waals surface area contributed by atoms with Crippen LogP contribution in [0.1, 0.15) is 5.56 Å². The summed E-state index contributed by atoms with van der Waals surface area (Å²) < 4.78 is 3.62. The Kier molecular flexibility index (Phi) is 1.30. The molecule has 0 fully saturated rings. The minimum Gasteiger partial charge on any atom is -0.307 e. The van der Waals surface area contributed by atoms with Crippen LogP contribution < -0.4 is 0 Å². The van der Waals surface area contributed by atoms with E-state index in [2.05, 4.69) is 47.9 Å². The predicted octanol–water partition coefficient (Wildman–Crippen LogP) is 3.46. The lowest BCUT2D eigenvalue weighted by Gasteiger charge is -1.88. The maximum absolute atomic E-state index is 2.26. The lowest BCUT2D eigenvalue weighted by Crippen LogP contribution is -1.74. The van der Waals surface area contributed by atoms with Gasteiger partial charge in [-0.2, -0.15) is 0 Å². The van der Waals surface area contributed by atoms with Crippen LogP contribution in [0, 0.1) is 6.92 Å². The third-order valence-corrected chi connectivity index (χ3v) is 3.35. The highest BCUT2D eigenvalue weighted by Crippen LogP contribution is 2.27. The average molecular weight is 187 g/mol. The molecule has 0 aliphatic heterocycles. The molecule has 0 unspecified atom stereocenters. The maximum atomic E-state index is 2.26. The molecule has 0 spiro atoms. The Morgan fingerprint density at radius 2 is 2.08 bits per heavy atom. The standard InChI is InChI=1S/C11H9NS/c1-8-6-11-12(7-8)9-4-2-3-5-10(9)13-11/h2-7H,1H3. The van der Waals surface area contributed by atoms with Crippen molar-refractivity contribution in [3.05, 3.63) is 42.1 Å². The van der Waals surface area contributed by atoms with Gasteiger partial charge in [-0.05, 0) is 30.7 Å². The second-order valence-electron chi connectivity index (χ2n) is 3.30. The fourth-order valence-corrected chi connectivity index (χ4v) is 2.83. The summed E-state index contributed by atoms with van der Waals surface area (Å²) in [7, 11) is 0. The third kappa shape index (κ3) is 0.923. The molecule has 0 saturated heterocycles. The van der Waals surface area contributed by atoms with E-state index < -0.39 is 0 Å². The Morgan fingerprint density at radius 1 is 1.23 bits per heavy atom. The molecular formula is C11H9NS. The Morgan fingerprint density at radius 3 is 3.00 bits per heavy atom. The summed E-state index contributed by atoms with van der Waals surface area (Å²) in [6.07, 6.45) is 2.19. The van der Waals surface area contributed by atoms with Gasteiger partial charge >= 0.3 is 0 Å². The molecule has 1 nitrogen and oxygen atoms in total. The van der Waals surface area contributed by atoms with Crippen molar-refractivity contribution in [3.63, 3.8) is 0 Å². The summed E-state index contributed by atoms with van der Waals surface area (Å²) in [5.41, 5.74) is 2.65. The van der Waals surface area contributed by atoms with Crippen LogP contribution in [0.5, 0.6) is 0 Å². The number of aromatic nitrogens is 1. The Hall–Kier alpha value is -1.28. The fourth-order valence-electron chi connectivity index (χ4n) is 1.69. The molecular weight excluding hydrogens is 178 g/mol. The van der Waals surface area contributed by atoms with Gasteiger partial charge in [0.05, 0.1) is 10.2 Å². The molecule has 2 heteroatoms. The molecule has 13 heavy (non-hydrogen) atoms. The predicted molar refractivity (Wildman–Crippen MR) is 57.5 cm³/mol. The second kappa shape index (κ2) is 2.36. The van der Waals surface area contributed by atoms with E-state index >= 15 is 0 Å². The Bertz CT molecular complexity index is 574. The molecule has 64 valence electrons. The highest BCUT2D eigenvalue weighted by atomic mass is 32.1. The minimum absolute atomic E-state index is 1.32. The molecule has 0 aliphatic rings. The van der Waals surface area contributed by atoms with Gasteiger partial charge < -0.3 is 4.40 Å². The van der Waals surface area contributed by atoms with Crippen LogP contribution in [0.25, 0.3) is 15.0 Å². The molecule has 0 atom stereocenters. The van der Waals surface area contributed by atoms with Crippen molar-refractivity contribution < 1.29 is 0 Å². The first-order valence-electron chi connectivity index (χ1n) is 4.31. The Labute approximate surface area is 80.2 Å². The van der Waals surface area contributed by atoms with E-state index in [-0.39, 0.29) is 0 Å². The normalized spacial score (nSPS) is 11.5. The quantitative estimate of drug-likeness (QED) is 0.507. The van der Waals surface area contributed by atoms with Gasteiger partial charge in [-0.3, -0.25) is 0 Å². The van der Waals surface area contributed by atoms with Crippen molar-refractivity contribution in [1.82, 2.24) is 4.40 Å². The maximum Gasteiger partial charge on any atom is 0.100 e. The van der Waals surface area contributed by atoms with E-state index in [9.17, 15) is 0 Å². The minimum atomic E-state index is 1.32. The second-order valence-corrected chi connectivity index (χ2v) is 4.36. The largest absolute Gasteiger partial charge is 0.307 e. The van der Waals surface area contributed by atoms with Crippen LogP contribution in [0.3, 0.4) is 0 Å². The number of hydrogen-bond acceptors (Lipinski definition) is 1. The van der Waals surface area contributed by atoms with Crippen molar-refractivity contribution in [2.45, 2.75) is 6.92 Å². The smallest absolute Gasteiger partial charge is 0.100 e. The van der Waals surface area contributed by atoms with Crippen LogP contribution in [-0.2, 0) is 0 Å². The van der Waals surface area contributed by atoms with Crippen molar-refractivity contribution >= 4 is 26.4 Å². The monoisotopic (exact) mass is 187 g/mol. The lowest BCUT2D eigenvalue weighted by atomic mass is 10.3. The van der Waals surface area contributed by atoms with Crippen LogP contribution in [-0.4, -0.2) is 4.40 Å². The number of para-hydroxylation sites is 1. The van der Waals surface area contributed by atoms with Gasteiger partial charge in [0.15, 0.2) is 0 Å². The van der Waals surface area contributed by atoms with Crippen LogP contribution >= 0.6 is 11.3 Å². The highest BCUT2D eigenvalue weighted by molar-refractivity contribution is 7.23. The first-order chi connectivity index (χ1) is 6.34. The topological polar surface area (TPSA) is 4.41 Å². The number of benzene rings is 1. The van der Waals surface area contributed by atoms with Gasteiger partial charge in [0, 0.05) is 6.20 Å². The van der Waals surface area contributed by atoms with E-state index in [1.807, 2.05) is 11.3 Å². The number of rotatable bonds is 0. The molecule has 3 aromatic rings. The summed E-state index contributed by atoms with van der Waals surface area (Å²) in [6, 6.07) is 10.7. The molecule has 0 radical (unpaired) electrons. The fraction of sp³-hybridized carbons (Fsp3) is 0.0909. The first-order valence-corrected chi connectivity index (χ1v) is 5.12. The molecule has 0 aliphatic carbocycles. The number of aryl methyl sites for hydroxylation is 1. The summed E-state index contributed by atoms with van der Waals surface area (Å²) in [5, 5.41) is 0. The van der Waals surface area contributed by atoms with Crippen LogP contribution in [0.15, 0.2) is 36.5 Å². The van der Waals surface area contributed by atoms with E-state index in [0.29, 0.717) is 0 Å². The SMILES string of the molecule is Cc1cc2sc3ccccc3n2c1. The Balaban J connectivity index is 2.60. The van der Waals surface area contributed by atoms with Gasteiger partial charge in [-0.1, -0.05) is 12.1 Å². The highest BCUT2D eigenvalue weighted by Gasteiger charge is 2.03. The van der Waals surface area contributed by atoms with E-state index in [4.69, 9.17) is 0 Å². The summed E-state index contributed by atoms with van der Waals surface area (Å²) in [5.74, 6) is 0. The summed E-state index contributed by atoms with van der Waals surface area (Å²) >= 11 is 1.85. The number of thiazole rings is 1. The van der Waals surface area contributed by atoms with Gasteiger partial charge in [-0.25, -0.2) is 0 Å². The van der Waals surface area contributed by atoms with Gasteiger partial charge in [0.25, 0.3) is 0 Å². The number of hydrogen-bond donors (Lipinski definition) is 0. The number of nitrogens with zero attached hydrogens (tertiary/aromatic N) is 1. The van der Waals surface area contributed by atoms with Crippen LogP contribution in [0.4, 0.5) is 0 Å². The average Bonchev–Trinajstić information content (AvgIpc) is 2.60. The van der Waals surface area contributed by atoms with E-state index in [1.54, 1.807) is 0 Å². The first kappa shape index (κ1) is 7.15. The zero-order chi connectivity index (χ0) is 8.84. The molecule has 0 N–H and O–H groups in total. The summed E-state index contributed by atoms with van der Waals surface area (Å²) in [4.78, 5) is 1.33. The van der Waals surface area contributed by atoms with E-state index in [1.165, 1.54) is 20.6 Å². The molecule has 2 heterocycles. The number of fused-ring (bicyclic) bond motifs is 3. The molecule has 2 aromatic heterocycles. The van der Waals surface area contributed by atoms with Gasteiger partial charge in [-0.15, -0.1) is 11.3 Å². The van der Waals surface area contributed by atoms with Crippen molar-refractivity contribution in [3.8, 4) is 0 Å². The molecule has 1 aromatic carbocycles. The van der Waals surface area contributed by atoms with Gasteiger partial charge in [0.1, 0.15) is 4.83 Å². The third-order valence-electron chi connectivity index (χ3n) is 2.26. The van der Waals surface area contributed by atoms with E-state index in [0.717, 1.165) is 0 Å². The molecule has 0 saturated carbocycles. The van der Waals surface area contributed by atoms with Crippen molar-refractivity contribution in [1.29, 1.82) is 0 Å². The molecule has 0 amide bonds. The van der Waals surface area contributed by atoms with Crippen molar-refractivity contribution in [2.24, 2.45) is 0 Å².